The van der Waals surface area contributed by atoms with Gasteiger partial charge in [-0.1, -0.05) is 6.07 Å². The summed E-state index contributed by atoms with van der Waals surface area (Å²) in [5.74, 6) is 0.322. The molecule has 0 aromatic carbocycles. The molecule has 0 saturated heterocycles. The summed E-state index contributed by atoms with van der Waals surface area (Å²) in [6.45, 7) is 4.80. The molecule has 0 aliphatic rings. The molecule has 2 heterocycles. The third kappa shape index (κ3) is 4.61. The molecule has 0 aliphatic carbocycles. The fourth-order valence-electron chi connectivity index (χ4n) is 2.04. The van der Waals surface area contributed by atoms with Crippen molar-refractivity contribution in [2.24, 2.45) is 11.5 Å². The number of pyridine rings is 1. The normalized spacial score (nSPS) is 11.2. The number of primary amides is 1. The Labute approximate surface area is 146 Å². The van der Waals surface area contributed by atoms with Gasteiger partial charge in [0.25, 0.3) is 5.91 Å². The Hall–Kier alpha value is -2.78. The van der Waals surface area contributed by atoms with Crippen LogP contribution in [0.25, 0.3) is 0 Å². The van der Waals surface area contributed by atoms with E-state index in [1.54, 1.807) is 19.2 Å². The van der Waals surface area contributed by atoms with Crippen molar-refractivity contribution in [3.8, 4) is 0 Å². The average Bonchev–Trinajstić information content (AvgIpc) is 2.60. The molecule has 9 heteroatoms. The van der Waals surface area contributed by atoms with E-state index in [-0.39, 0.29) is 5.69 Å². The Morgan fingerprint density at radius 3 is 2.68 bits per heavy atom. The lowest BCUT2D eigenvalue weighted by Crippen LogP contribution is -2.22. The van der Waals surface area contributed by atoms with Crippen molar-refractivity contribution >= 4 is 23.2 Å². The summed E-state index contributed by atoms with van der Waals surface area (Å²) in [4.78, 5) is 16.1. The molecule has 2 aromatic rings. The summed E-state index contributed by atoms with van der Waals surface area (Å²) < 4.78 is 5.45. The van der Waals surface area contributed by atoms with E-state index in [2.05, 4.69) is 25.8 Å². The lowest BCUT2D eigenvalue weighted by atomic mass is 10.0. The molecule has 0 unspecified atom stereocenters. The van der Waals surface area contributed by atoms with Crippen LogP contribution >= 0.6 is 0 Å². The van der Waals surface area contributed by atoms with E-state index in [1.165, 1.54) is 0 Å². The summed E-state index contributed by atoms with van der Waals surface area (Å²) in [7, 11) is 1.62. The van der Waals surface area contributed by atoms with Gasteiger partial charge in [0.15, 0.2) is 11.5 Å². The first-order valence-electron chi connectivity index (χ1n) is 7.78. The zero-order valence-electron chi connectivity index (χ0n) is 14.5. The van der Waals surface area contributed by atoms with Crippen molar-refractivity contribution < 1.29 is 9.53 Å². The van der Waals surface area contributed by atoms with E-state index in [0.29, 0.717) is 30.4 Å². The molecule has 0 spiro atoms. The van der Waals surface area contributed by atoms with Crippen molar-refractivity contribution in [3.63, 3.8) is 0 Å². The van der Waals surface area contributed by atoms with E-state index >= 15 is 0 Å². The third-order valence-corrected chi connectivity index (χ3v) is 3.62. The lowest BCUT2D eigenvalue weighted by Gasteiger charge is -2.22. The molecule has 2 rings (SSSR count). The summed E-state index contributed by atoms with van der Waals surface area (Å²) >= 11 is 0. The summed E-state index contributed by atoms with van der Waals surface area (Å²) in [6.07, 6.45) is 0. The van der Waals surface area contributed by atoms with Crippen LogP contribution < -0.4 is 22.1 Å². The van der Waals surface area contributed by atoms with Gasteiger partial charge in [0.05, 0.1) is 11.4 Å². The number of carbonyl (C=O) groups is 1. The predicted molar refractivity (Wildman–Crippen MR) is 95.6 cm³/mol. The number of hydrogen-bond donors (Lipinski definition) is 4. The largest absolute Gasteiger partial charge is 0.373 e. The second kappa shape index (κ2) is 7.86. The Morgan fingerprint density at radius 1 is 1.28 bits per heavy atom. The molecular formula is C16H23N7O2. The highest BCUT2D eigenvalue weighted by Gasteiger charge is 2.21. The highest BCUT2D eigenvalue weighted by atomic mass is 16.5. The van der Waals surface area contributed by atoms with Crippen molar-refractivity contribution in [2.75, 3.05) is 30.8 Å². The monoisotopic (exact) mass is 345 g/mol. The van der Waals surface area contributed by atoms with E-state index in [4.69, 9.17) is 16.2 Å². The SMILES string of the molecule is COC(C)(C)c1cccc(Nc2cc(NCCN)nnc2C(N)=O)n1. The Balaban J connectivity index is 2.35. The van der Waals surface area contributed by atoms with Gasteiger partial charge in [-0.3, -0.25) is 4.79 Å². The first kappa shape index (κ1) is 18.6. The van der Waals surface area contributed by atoms with Crippen LogP contribution in [0.2, 0.25) is 0 Å². The highest BCUT2D eigenvalue weighted by Crippen LogP contribution is 2.25. The number of amides is 1. The van der Waals surface area contributed by atoms with E-state index in [1.807, 2.05) is 26.0 Å². The fourth-order valence-corrected chi connectivity index (χ4v) is 2.04. The molecule has 1 amide bonds. The van der Waals surface area contributed by atoms with Crippen molar-refractivity contribution in [3.05, 3.63) is 35.7 Å². The molecule has 25 heavy (non-hydrogen) atoms. The second-order valence-electron chi connectivity index (χ2n) is 5.82. The number of nitrogens with zero attached hydrogens (tertiary/aromatic N) is 3. The van der Waals surface area contributed by atoms with Crippen LogP contribution in [0, 0.1) is 0 Å². The lowest BCUT2D eigenvalue weighted by molar-refractivity contribution is 0.0156. The van der Waals surface area contributed by atoms with Crippen molar-refractivity contribution in [1.82, 2.24) is 15.2 Å². The quantitative estimate of drug-likeness (QED) is 0.554. The summed E-state index contributed by atoms with van der Waals surface area (Å²) in [5, 5.41) is 13.8. The molecule has 0 atom stereocenters. The second-order valence-corrected chi connectivity index (χ2v) is 5.82. The number of carbonyl (C=O) groups excluding carboxylic acids is 1. The number of rotatable bonds is 8. The standard InChI is InChI=1S/C16H23N7O2/c1-16(2,25-3)11-5-4-6-12(21-11)20-10-9-13(19-8-7-17)22-23-14(10)15(18)24/h4-6,9H,7-8,17H2,1-3H3,(H2,18,24)(H2,19,20,21,22). The number of methoxy groups -OCH3 is 1. The molecule has 134 valence electrons. The summed E-state index contributed by atoms with van der Waals surface area (Å²) in [5.41, 5.74) is 11.5. The maximum atomic E-state index is 11.6. The van der Waals surface area contributed by atoms with Gasteiger partial charge in [-0.2, -0.15) is 0 Å². The van der Waals surface area contributed by atoms with Gasteiger partial charge < -0.3 is 26.8 Å². The van der Waals surface area contributed by atoms with Gasteiger partial charge in [-0.15, -0.1) is 10.2 Å². The van der Waals surface area contributed by atoms with Gasteiger partial charge in [-0.05, 0) is 26.0 Å². The Kier molecular flexibility index (Phi) is 5.84. The topological polar surface area (TPSA) is 141 Å². The number of aromatic nitrogens is 3. The van der Waals surface area contributed by atoms with Crippen LogP contribution in [-0.4, -0.2) is 41.3 Å². The number of ether oxygens (including phenoxy) is 1. The van der Waals surface area contributed by atoms with Gasteiger partial charge >= 0.3 is 0 Å². The number of hydrogen-bond acceptors (Lipinski definition) is 8. The maximum absolute atomic E-state index is 11.6. The van der Waals surface area contributed by atoms with Gasteiger partial charge in [0.1, 0.15) is 11.4 Å². The Bertz CT molecular complexity index is 749. The van der Waals surface area contributed by atoms with E-state index in [9.17, 15) is 4.79 Å². The number of nitrogens with one attached hydrogen (secondary N) is 2. The van der Waals surface area contributed by atoms with Crippen molar-refractivity contribution in [1.29, 1.82) is 0 Å². The molecule has 0 radical (unpaired) electrons. The predicted octanol–water partition coefficient (Wildman–Crippen LogP) is 0.966. The highest BCUT2D eigenvalue weighted by molar-refractivity contribution is 5.97. The maximum Gasteiger partial charge on any atom is 0.271 e. The van der Waals surface area contributed by atoms with Gasteiger partial charge in [-0.25, -0.2) is 4.98 Å². The van der Waals surface area contributed by atoms with Crippen LogP contribution in [0.1, 0.15) is 30.0 Å². The van der Waals surface area contributed by atoms with E-state index < -0.39 is 11.5 Å². The third-order valence-electron chi connectivity index (χ3n) is 3.62. The smallest absolute Gasteiger partial charge is 0.271 e. The first-order chi connectivity index (χ1) is 11.9. The minimum atomic E-state index is -0.686. The van der Waals surface area contributed by atoms with Gasteiger partial charge in [0, 0.05) is 26.3 Å². The van der Waals surface area contributed by atoms with Crippen LogP contribution in [0.4, 0.5) is 17.3 Å². The van der Waals surface area contributed by atoms with E-state index in [0.717, 1.165) is 5.69 Å². The minimum Gasteiger partial charge on any atom is -0.373 e. The molecule has 0 fully saturated rings. The molecule has 9 nitrogen and oxygen atoms in total. The minimum absolute atomic E-state index is 0.0245. The molecule has 6 N–H and O–H groups in total. The van der Waals surface area contributed by atoms with Crippen LogP contribution in [0.3, 0.4) is 0 Å². The molecule has 0 saturated carbocycles. The fraction of sp³-hybridized carbons (Fsp3) is 0.375. The number of anilines is 3. The van der Waals surface area contributed by atoms with Crippen molar-refractivity contribution in [2.45, 2.75) is 19.4 Å². The molecule has 0 bridgehead atoms. The zero-order chi connectivity index (χ0) is 18.4. The van der Waals surface area contributed by atoms with Crippen LogP contribution in [0.5, 0.6) is 0 Å². The van der Waals surface area contributed by atoms with Gasteiger partial charge in [0.2, 0.25) is 0 Å². The molecular weight excluding hydrogens is 322 g/mol. The molecule has 0 aliphatic heterocycles. The summed E-state index contributed by atoms with van der Waals surface area (Å²) in [6, 6.07) is 7.12. The average molecular weight is 345 g/mol. The van der Waals surface area contributed by atoms with Crippen LogP contribution in [-0.2, 0) is 10.3 Å². The molecule has 2 aromatic heterocycles. The zero-order valence-corrected chi connectivity index (χ0v) is 14.5. The van der Waals surface area contributed by atoms with Crippen LogP contribution in [0.15, 0.2) is 24.3 Å². The Morgan fingerprint density at radius 2 is 2.04 bits per heavy atom. The first-order valence-corrected chi connectivity index (χ1v) is 7.78. The number of nitrogens with two attached hydrogens (primary N) is 2.